The van der Waals surface area contributed by atoms with Gasteiger partial charge in [0.15, 0.2) is 0 Å². The van der Waals surface area contributed by atoms with Gasteiger partial charge in [-0.2, -0.15) is 0 Å². The molecule has 26 unspecified atom stereocenters. The average Bonchev–Trinajstić information content (AvgIpc) is 0.836. The Kier molecular flexibility index (Phi) is 46.0. The molecule has 2 saturated heterocycles. The van der Waals surface area contributed by atoms with Gasteiger partial charge in [-0.1, -0.05) is 123 Å². The molecule has 2 heterocycles. The van der Waals surface area contributed by atoms with Crippen molar-refractivity contribution in [2.24, 2.45) is 5.92 Å². The van der Waals surface area contributed by atoms with Gasteiger partial charge in [0.1, 0.15) is 61.0 Å². The van der Waals surface area contributed by atoms with E-state index in [9.17, 15) is 107 Å². The standard InChI is InChI=1S/C72H122O24/c1-5-6-7-8-9-10-11-12-13-14-15-16-17-18-33-56(82)66(90)71-69(93)61(87)43-63(96-71)70(94)65(89)46(3)36-38-55(81)62-42-60(86)68(92)72(95-62)67(91)58(84)39-45(2)35-37-52(78)41-59(85)64(88)47(4)40-57(83)54(80)34-23-31-51(77)29-21-27-49(75)25-19-24-48(74)26-20-28-50(76)30-22-32-53(79)44-73/h5-7,10-15,18,20,22,26,30,33,39,47-94H,1,3,8-9,16-17,19,21,23-25,27-29,31-32,34-38,40-44H2,2,4H3. The topological polar surface area (TPSA) is 464 Å². The van der Waals surface area contributed by atoms with Crippen LogP contribution in [0.5, 0.6) is 0 Å². The lowest BCUT2D eigenvalue weighted by Crippen LogP contribution is -2.59. The molecule has 26 atom stereocenters. The van der Waals surface area contributed by atoms with E-state index in [0.717, 1.165) is 12.8 Å². The van der Waals surface area contributed by atoms with Gasteiger partial charge in [-0.05, 0) is 147 Å². The van der Waals surface area contributed by atoms with Crippen LogP contribution in [-0.4, -0.2) is 272 Å². The van der Waals surface area contributed by atoms with Gasteiger partial charge in [-0.15, -0.1) is 0 Å². The second kappa shape index (κ2) is 49.9. The largest absolute Gasteiger partial charge is 0.394 e. The van der Waals surface area contributed by atoms with Gasteiger partial charge < -0.3 is 122 Å². The van der Waals surface area contributed by atoms with Crippen LogP contribution in [0.4, 0.5) is 0 Å². The molecule has 2 rings (SSSR count). The third-order valence-corrected chi connectivity index (χ3v) is 17.7. The molecule has 0 radical (unpaired) electrons. The van der Waals surface area contributed by atoms with Crippen molar-refractivity contribution in [2.75, 3.05) is 6.61 Å². The number of allylic oxidation sites excluding steroid dienone is 11. The molecule has 0 bridgehead atoms. The Hall–Kier alpha value is -3.56. The quantitative estimate of drug-likeness (QED) is 0.0232. The number of ether oxygens (including phenoxy) is 2. The van der Waals surface area contributed by atoms with Crippen molar-refractivity contribution >= 4 is 0 Å². The fraction of sp³-hybridized carbons (Fsp3) is 0.722. The summed E-state index contributed by atoms with van der Waals surface area (Å²) in [6.45, 7) is 10.3. The zero-order chi connectivity index (χ0) is 71.9. The van der Waals surface area contributed by atoms with Crippen LogP contribution < -0.4 is 0 Å². The van der Waals surface area contributed by atoms with E-state index in [0.29, 0.717) is 69.8 Å². The Morgan fingerprint density at radius 1 is 0.479 bits per heavy atom. The molecule has 0 aromatic rings. The highest BCUT2D eigenvalue weighted by Gasteiger charge is 2.47. The summed E-state index contributed by atoms with van der Waals surface area (Å²) < 4.78 is 11.6. The highest BCUT2D eigenvalue weighted by Crippen LogP contribution is 2.32. The number of rotatable bonds is 51. The van der Waals surface area contributed by atoms with Crippen LogP contribution in [0.2, 0.25) is 0 Å². The minimum absolute atomic E-state index is 0.000815. The van der Waals surface area contributed by atoms with Gasteiger partial charge in [0.05, 0.1) is 98.2 Å². The highest BCUT2D eigenvalue weighted by molar-refractivity contribution is 5.13. The minimum atomic E-state index is -1.84. The first-order valence-electron chi connectivity index (χ1n) is 34.3. The van der Waals surface area contributed by atoms with E-state index in [2.05, 4.69) is 19.2 Å². The Morgan fingerprint density at radius 3 is 1.57 bits per heavy atom. The second-order valence-corrected chi connectivity index (χ2v) is 26.3. The van der Waals surface area contributed by atoms with Gasteiger partial charge in [-0.25, -0.2) is 0 Å². The minimum Gasteiger partial charge on any atom is -0.394 e. The van der Waals surface area contributed by atoms with Gasteiger partial charge in [-0.3, -0.25) is 0 Å². The molecular weight excluding hydrogens is 1250 g/mol. The molecule has 2 aliphatic rings. The van der Waals surface area contributed by atoms with Gasteiger partial charge >= 0.3 is 0 Å². The fourth-order valence-electron chi connectivity index (χ4n) is 11.5. The SMILES string of the molecule is C=CC=CCCC=CC=CC=CCCC=CC(O)C(O)C1OC(C(O)C(O)C(=C)CCC(O)C2CC(O)C(O)C(C(O)C(O)C=C(C)CCC(O)CC(O)C(O)C(C)CC(O)C(O)CCCC(O)CCCC(O)CCCC(O)C=CCC(O)C=CCC(O)CO)O2)CC(O)C1O. The monoisotopic (exact) mass is 1370 g/mol. The van der Waals surface area contributed by atoms with Crippen LogP contribution in [0.1, 0.15) is 162 Å². The zero-order valence-corrected chi connectivity index (χ0v) is 56.3. The molecule has 554 valence electrons. The molecule has 0 aliphatic carbocycles. The number of hydrogen-bond donors (Lipinski definition) is 22. The average molecular weight is 1370 g/mol. The van der Waals surface area contributed by atoms with Crippen molar-refractivity contribution in [3.8, 4) is 0 Å². The van der Waals surface area contributed by atoms with E-state index in [1.54, 1.807) is 44.2 Å². The van der Waals surface area contributed by atoms with Crippen molar-refractivity contribution in [3.05, 3.63) is 122 Å². The molecule has 96 heavy (non-hydrogen) atoms. The molecule has 0 aromatic heterocycles. The summed E-state index contributed by atoms with van der Waals surface area (Å²) in [6, 6.07) is 0. The van der Waals surface area contributed by atoms with Crippen molar-refractivity contribution in [2.45, 2.75) is 314 Å². The fourth-order valence-corrected chi connectivity index (χ4v) is 11.5. The van der Waals surface area contributed by atoms with E-state index in [1.807, 2.05) is 42.5 Å². The first kappa shape index (κ1) is 88.5. The summed E-state index contributed by atoms with van der Waals surface area (Å²) in [5.74, 6) is -0.710. The molecule has 0 amide bonds. The lowest BCUT2D eigenvalue weighted by molar-refractivity contribution is -0.234. The second-order valence-electron chi connectivity index (χ2n) is 26.3. The van der Waals surface area contributed by atoms with E-state index < -0.39 is 159 Å². The van der Waals surface area contributed by atoms with Gasteiger partial charge in [0.25, 0.3) is 0 Å². The lowest BCUT2D eigenvalue weighted by atomic mass is 9.87. The van der Waals surface area contributed by atoms with Crippen molar-refractivity contribution in [1.82, 2.24) is 0 Å². The van der Waals surface area contributed by atoms with Crippen LogP contribution in [0.3, 0.4) is 0 Å². The number of aliphatic hydroxyl groups excluding tert-OH is 22. The molecule has 24 nitrogen and oxygen atoms in total. The summed E-state index contributed by atoms with van der Waals surface area (Å²) in [4.78, 5) is 0. The first-order valence-corrected chi connectivity index (χ1v) is 34.3. The smallest absolute Gasteiger partial charge is 0.115 e. The predicted octanol–water partition coefficient (Wildman–Crippen LogP) is 1.28. The summed E-state index contributed by atoms with van der Waals surface area (Å²) in [5.41, 5.74) is 0.467. The number of aliphatic hydroxyl groups is 22. The lowest BCUT2D eigenvalue weighted by Gasteiger charge is -2.42. The maximum atomic E-state index is 11.2. The Labute approximate surface area is 567 Å². The number of unbranched alkanes of at least 4 members (excludes halogenated alkanes) is 2. The third-order valence-electron chi connectivity index (χ3n) is 17.7. The maximum absolute atomic E-state index is 11.2. The number of hydrogen-bond acceptors (Lipinski definition) is 24. The Bertz CT molecular complexity index is 2310. The zero-order valence-electron chi connectivity index (χ0n) is 56.3. The van der Waals surface area contributed by atoms with Crippen molar-refractivity contribution in [3.63, 3.8) is 0 Å². The third kappa shape index (κ3) is 35.7. The van der Waals surface area contributed by atoms with E-state index in [4.69, 9.17) is 14.6 Å². The summed E-state index contributed by atoms with van der Waals surface area (Å²) in [5, 5.41) is 233. The Morgan fingerprint density at radius 2 is 0.990 bits per heavy atom. The summed E-state index contributed by atoms with van der Waals surface area (Å²) in [6.07, 6.45) is -0.125. The molecule has 2 fully saturated rings. The molecule has 0 aromatic carbocycles. The highest BCUT2D eigenvalue weighted by atomic mass is 16.6. The van der Waals surface area contributed by atoms with E-state index >= 15 is 0 Å². The van der Waals surface area contributed by atoms with Crippen LogP contribution in [-0.2, 0) is 9.47 Å². The Balaban J connectivity index is 1.76. The maximum Gasteiger partial charge on any atom is 0.115 e. The van der Waals surface area contributed by atoms with Crippen molar-refractivity contribution in [1.29, 1.82) is 0 Å². The van der Waals surface area contributed by atoms with E-state index in [1.165, 1.54) is 18.2 Å². The molecule has 24 heteroatoms. The normalized spacial score (nSPS) is 26.8. The van der Waals surface area contributed by atoms with Crippen LogP contribution in [0, 0.1) is 5.92 Å². The molecule has 0 spiro atoms. The van der Waals surface area contributed by atoms with E-state index in [-0.39, 0.29) is 82.8 Å². The molecule has 2 aliphatic heterocycles. The first-order chi connectivity index (χ1) is 45.5. The molecular formula is C72H122O24. The van der Waals surface area contributed by atoms with Crippen molar-refractivity contribution < 1.29 is 122 Å². The predicted molar refractivity (Wildman–Crippen MR) is 363 cm³/mol. The van der Waals surface area contributed by atoms with Gasteiger partial charge in [0.2, 0.25) is 0 Å². The van der Waals surface area contributed by atoms with Gasteiger partial charge in [0, 0.05) is 19.3 Å². The van der Waals surface area contributed by atoms with Crippen LogP contribution in [0.15, 0.2) is 122 Å². The summed E-state index contributed by atoms with van der Waals surface area (Å²) >= 11 is 0. The molecule has 0 saturated carbocycles. The van der Waals surface area contributed by atoms with Crippen LogP contribution in [0.25, 0.3) is 0 Å². The molecule has 22 N–H and O–H groups in total. The van der Waals surface area contributed by atoms with Crippen LogP contribution >= 0.6 is 0 Å². The summed E-state index contributed by atoms with van der Waals surface area (Å²) in [7, 11) is 0.